The van der Waals surface area contributed by atoms with Crippen molar-refractivity contribution in [3.8, 4) is 5.75 Å². The molecule has 1 N–H and O–H groups in total. The highest BCUT2D eigenvalue weighted by Crippen LogP contribution is 2.40. The van der Waals surface area contributed by atoms with E-state index in [9.17, 15) is 14.7 Å². The summed E-state index contributed by atoms with van der Waals surface area (Å²) in [6, 6.07) is 9.64. The molecule has 3 aromatic rings. The molecule has 8 heteroatoms. The lowest BCUT2D eigenvalue weighted by atomic mass is 9.96. The molecule has 2 aliphatic heterocycles. The van der Waals surface area contributed by atoms with Gasteiger partial charge in [-0.3, -0.25) is 14.6 Å². The molecule has 2 aliphatic rings. The molecule has 1 fully saturated rings. The second-order valence-corrected chi connectivity index (χ2v) is 7.86. The molecule has 8 nitrogen and oxygen atoms in total. The summed E-state index contributed by atoms with van der Waals surface area (Å²) in [4.78, 5) is 32.2. The summed E-state index contributed by atoms with van der Waals surface area (Å²) in [6.07, 6.45) is 4.79. The van der Waals surface area contributed by atoms with Crippen molar-refractivity contribution in [1.82, 2.24) is 9.88 Å². The van der Waals surface area contributed by atoms with Crippen LogP contribution < -0.4 is 4.74 Å². The van der Waals surface area contributed by atoms with Gasteiger partial charge in [-0.05, 0) is 36.6 Å². The van der Waals surface area contributed by atoms with E-state index in [0.29, 0.717) is 28.9 Å². The van der Waals surface area contributed by atoms with E-state index in [0.717, 1.165) is 12.8 Å². The zero-order valence-corrected chi connectivity index (χ0v) is 17.5. The Kier molecular flexibility index (Phi) is 5.14. The fourth-order valence-corrected chi connectivity index (χ4v) is 4.41. The molecule has 1 aromatic carbocycles. The molecule has 2 aromatic heterocycles. The standard InChI is InChI=1S/C24H22N2O6/c1-30-17-8-2-5-14-11-18(32-23(14)17)21(27)19-20(15-6-3-9-25-12-15)26(24(29)22(19)28)13-16-7-4-10-31-16/h2-3,5-6,8-9,11-12,16,20,28H,4,7,10,13H2,1H3. The SMILES string of the molecule is COc1cccc2cc(C(=O)C3=C(O)C(=O)N(CC4CCCO4)C3c3cccnc3)oc12. The number of para-hydroxylation sites is 1. The lowest BCUT2D eigenvalue weighted by molar-refractivity contribution is -0.131. The minimum atomic E-state index is -0.789. The summed E-state index contributed by atoms with van der Waals surface area (Å²) in [6.45, 7) is 0.906. The van der Waals surface area contributed by atoms with E-state index >= 15 is 0 Å². The molecule has 0 aliphatic carbocycles. The van der Waals surface area contributed by atoms with E-state index in [-0.39, 0.29) is 24.0 Å². The van der Waals surface area contributed by atoms with Crippen molar-refractivity contribution >= 4 is 22.7 Å². The number of aliphatic hydroxyl groups is 1. The number of ketones is 1. The van der Waals surface area contributed by atoms with Gasteiger partial charge in [-0.25, -0.2) is 0 Å². The molecular formula is C24H22N2O6. The van der Waals surface area contributed by atoms with E-state index in [1.54, 1.807) is 48.8 Å². The Hall–Kier alpha value is -3.65. The van der Waals surface area contributed by atoms with Crippen LogP contribution in [0.5, 0.6) is 5.75 Å². The first kappa shape index (κ1) is 20.3. The number of rotatable bonds is 6. The van der Waals surface area contributed by atoms with E-state index in [1.807, 2.05) is 0 Å². The second kappa shape index (κ2) is 8.12. The number of aliphatic hydroxyl groups excluding tert-OH is 1. The predicted molar refractivity (Wildman–Crippen MR) is 114 cm³/mol. The molecule has 1 amide bonds. The molecule has 5 rings (SSSR count). The zero-order chi connectivity index (χ0) is 22.2. The number of pyridine rings is 1. The topological polar surface area (TPSA) is 102 Å². The summed E-state index contributed by atoms with van der Waals surface area (Å²) in [5.41, 5.74) is 1.02. The van der Waals surface area contributed by atoms with Crippen LogP contribution in [0, 0.1) is 0 Å². The van der Waals surface area contributed by atoms with Crippen LogP contribution in [0.2, 0.25) is 0 Å². The van der Waals surface area contributed by atoms with Crippen LogP contribution in [-0.2, 0) is 9.53 Å². The van der Waals surface area contributed by atoms with Crippen molar-refractivity contribution in [3.63, 3.8) is 0 Å². The molecule has 4 heterocycles. The number of aromatic nitrogens is 1. The number of Topliss-reactive ketones (excluding diaryl/α,β-unsaturated/α-hetero) is 1. The van der Waals surface area contributed by atoms with Crippen LogP contribution in [0.15, 0.2) is 64.5 Å². The average Bonchev–Trinajstić information content (AvgIpc) is 3.54. The van der Waals surface area contributed by atoms with E-state index < -0.39 is 23.5 Å². The van der Waals surface area contributed by atoms with Gasteiger partial charge >= 0.3 is 0 Å². The van der Waals surface area contributed by atoms with Crippen LogP contribution in [0.1, 0.15) is 35.0 Å². The van der Waals surface area contributed by atoms with Gasteiger partial charge in [-0.15, -0.1) is 0 Å². The summed E-state index contributed by atoms with van der Waals surface area (Å²) >= 11 is 0. The smallest absolute Gasteiger partial charge is 0.290 e. The number of nitrogens with zero attached hydrogens (tertiary/aromatic N) is 2. The van der Waals surface area contributed by atoms with E-state index in [1.165, 1.54) is 12.0 Å². The van der Waals surface area contributed by atoms with E-state index in [2.05, 4.69) is 4.98 Å². The van der Waals surface area contributed by atoms with Crippen molar-refractivity contribution in [2.45, 2.75) is 25.0 Å². The Labute approximate surface area is 184 Å². The number of amides is 1. The van der Waals surface area contributed by atoms with Gasteiger partial charge in [0.25, 0.3) is 5.91 Å². The normalized spacial score (nSPS) is 21.0. The molecular weight excluding hydrogens is 412 g/mol. The third-order valence-electron chi connectivity index (χ3n) is 5.92. The molecule has 0 saturated carbocycles. The lowest BCUT2D eigenvalue weighted by Gasteiger charge is -2.28. The summed E-state index contributed by atoms with van der Waals surface area (Å²) < 4.78 is 16.8. The largest absolute Gasteiger partial charge is 0.503 e. The Morgan fingerprint density at radius 2 is 2.19 bits per heavy atom. The maximum absolute atomic E-state index is 13.6. The van der Waals surface area contributed by atoms with Gasteiger partial charge in [0.1, 0.15) is 0 Å². The maximum atomic E-state index is 13.6. The van der Waals surface area contributed by atoms with Gasteiger partial charge in [0.05, 0.1) is 24.8 Å². The third-order valence-corrected chi connectivity index (χ3v) is 5.92. The number of methoxy groups -OCH3 is 1. The summed E-state index contributed by atoms with van der Waals surface area (Å²) in [5, 5.41) is 11.5. The monoisotopic (exact) mass is 434 g/mol. The van der Waals surface area contributed by atoms with Crippen LogP contribution in [-0.4, -0.2) is 53.0 Å². The van der Waals surface area contributed by atoms with Crippen molar-refractivity contribution in [2.75, 3.05) is 20.3 Å². The number of hydrogen-bond donors (Lipinski definition) is 1. The molecule has 2 unspecified atom stereocenters. The fraction of sp³-hybridized carbons (Fsp3) is 0.292. The number of carbonyl (C=O) groups excluding carboxylic acids is 2. The van der Waals surface area contributed by atoms with Crippen LogP contribution in [0.25, 0.3) is 11.0 Å². The zero-order valence-electron chi connectivity index (χ0n) is 17.5. The van der Waals surface area contributed by atoms with Crippen LogP contribution in [0.3, 0.4) is 0 Å². The van der Waals surface area contributed by atoms with Crippen molar-refractivity contribution in [2.24, 2.45) is 0 Å². The van der Waals surface area contributed by atoms with Crippen molar-refractivity contribution < 1.29 is 28.6 Å². The highest BCUT2D eigenvalue weighted by Gasteiger charge is 2.45. The second-order valence-electron chi connectivity index (χ2n) is 7.86. The number of carbonyl (C=O) groups is 2. The number of benzene rings is 1. The highest BCUT2D eigenvalue weighted by molar-refractivity contribution is 6.16. The fourth-order valence-electron chi connectivity index (χ4n) is 4.41. The first-order valence-corrected chi connectivity index (χ1v) is 10.5. The highest BCUT2D eigenvalue weighted by atomic mass is 16.5. The van der Waals surface area contributed by atoms with Gasteiger partial charge in [0.15, 0.2) is 22.9 Å². The molecule has 0 radical (unpaired) electrons. The predicted octanol–water partition coefficient (Wildman–Crippen LogP) is 3.59. The lowest BCUT2D eigenvalue weighted by Crippen LogP contribution is -2.37. The van der Waals surface area contributed by atoms with Crippen molar-refractivity contribution in [3.05, 3.63) is 71.4 Å². The number of hydrogen-bond acceptors (Lipinski definition) is 7. The Morgan fingerprint density at radius 1 is 1.31 bits per heavy atom. The molecule has 1 saturated heterocycles. The average molecular weight is 434 g/mol. The summed E-state index contributed by atoms with van der Waals surface area (Å²) in [7, 11) is 1.52. The first-order chi connectivity index (χ1) is 15.6. The molecule has 164 valence electrons. The van der Waals surface area contributed by atoms with Crippen molar-refractivity contribution in [1.29, 1.82) is 0 Å². The Balaban J connectivity index is 1.57. The maximum Gasteiger partial charge on any atom is 0.290 e. The first-order valence-electron chi connectivity index (χ1n) is 10.5. The molecule has 2 atom stereocenters. The van der Waals surface area contributed by atoms with Crippen LogP contribution in [0.4, 0.5) is 0 Å². The van der Waals surface area contributed by atoms with Gasteiger partial charge < -0.3 is 23.9 Å². The molecule has 0 spiro atoms. The Bertz CT molecular complexity index is 1210. The number of furan rings is 1. The summed E-state index contributed by atoms with van der Waals surface area (Å²) in [5.74, 6) is -1.23. The van der Waals surface area contributed by atoms with Gasteiger partial charge in [-0.1, -0.05) is 18.2 Å². The number of ether oxygens (including phenoxy) is 2. The third kappa shape index (κ3) is 3.33. The minimum Gasteiger partial charge on any atom is -0.503 e. The Morgan fingerprint density at radius 3 is 2.91 bits per heavy atom. The molecule has 0 bridgehead atoms. The van der Waals surface area contributed by atoms with Crippen LogP contribution >= 0.6 is 0 Å². The van der Waals surface area contributed by atoms with E-state index in [4.69, 9.17) is 13.9 Å². The van der Waals surface area contributed by atoms with Gasteiger partial charge in [0.2, 0.25) is 5.78 Å². The van der Waals surface area contributed by atoms with Gasteiger partial charge in [-0.2, -0.15) is 0 Å². The quantitative estimate of drug-likeness (QED) is 0.592. The minimum absolute atomic E-state index is 0.0201. The number of fused-ring (bicyclic) bond motifs is 1. The van der Waals surface area contributed by atoms with Gasteiger partial charge in [0, 0.05) is 30.9 Å². The molecule has 32 heavy (non-hydrogen) atoms.